The lowest BCUT2D eigenvalue weighted by Crippen LogP contribution is -2.41. The van der Waals surface area contributed by atoms with Crippen LogP contribution in [0.15, 0.2) is 58.7 Å². The van der Waals surface area contributed by atoms with Gasteiger partial charge in [0.25, 0.3) is 0 Å². The summed E-state index contributed by atoms with van der Waals surface area (Å²) in [6, 6.07) is 11.6. The third kappa shape index (κ3) is 8.67. The fraction of sp³-hybridized carbons (Fsp3) is 0.400. The van der Waals surface area contributed by atoms with Gasteiger partial charge in [-0.15, -0.1) is 24.0 Å². The van der Waals surface area contributed by atoms with Gasteiger partial charge in [-0.1, -0.05) is 36.8 Å². The number of guanidine groups is 1. The van der Waals surface area contributed by atoms with E-state index in [1.807, 2.05) is 6.92 Å². The molecule has 160 valence electrons. The second-order valence-electron chi connectivity index (χ2n) is 6.54. The van der Waals surface area contributed by atoms with Gasteiger partial charge in [0.2, 0.25) is 10.0 Å². The van der Waals surface area contributed by atoms with Crippen LogP contribution in [-0.2, 0) is 10.0 Å². The van der Waals surface area contributed by atoms with Crippen LogP contribution in [0, 0.1) is 6.92 Å². The highest BCUT2D eigenvalue weighted by Crippen LogP contribution is 2.15. The molecule has 0 amide bonds. The average molecular weight is 531 g/mol. The van der Waals surface area contributed by atoms with Gasteiger partial charge in [0.15, 0.2) is 5.96 Å². The largest absolute Gasteiger partial charge is 0.357 e. The van der Waals surface area contributed by atoms with Gasteiger partial charge >= 0.3 is 0 Å². The normalized spacial score (nSPS) is 12.7. The van der Waals surface area contributed by atoms with Gasteiger partial charge in [-0.05, 0) is 31.5 Å². The molecule has 0 saturated carbocycles. The zero-order valence-corrected chi connectivity index (χ0v) is 20.2. The molecule has 0 aliphatic heterocycles. The van der Waals surface area contributed by atoms with Crippen LogP contribution in [0.25, 0.3) is 0 Å². The summed E-state index contributed by atoms with van der Waals surface area (Å²) >= 11 is 0. The Balaban J connectivity index is 0.00000420. The molecule has 0 saturated heterocycles. The summed E-state index contributed by atoms with van der Waals surface area (Å²) in [7, 11) is -3.55. The van der Waals surface area contributed by atoms with E-state index in [2.05, 4.69) is 63.4 Å². The number of aromatic nitrogens is 1. The number of nitrogens with one attached hydrogen (secondary N) is 3. The molecule has 2 rings (SSSR count). The standard InChI is InChI=1S/C20H29N5O2S.HI/c1-4-22-20(24-14-17(3)18-9-7-16(2)8-10-18)23-12-13-25-28(26,27)19-6-5-11-21-15-19;/h5-11,15,17,25H,4,12-14H2,1-3H3,(H2,22,23,24);1H. The van der Waals surface area contributed by atoms with Crippen LogP contribution in [0.2, 0.25) is 0 Å². The van der Waals surface area contributed by atoms with Crippen molar-refractivity contribution in [3.63, 3.8) is 0 Å². The predicted octanol–water partition coefficient (Wildman–Crippen LogP) is 2.65. The smallest absolute Gasteiger partial charge is 0.242 e. The maximum atomic E-state index is 12.2. The van der Waals surface area contributed by atoms with Gasteiger partial charge in [0.05, 0.1) is 0 Å². The van der Waals surface area contributed by atoms with Crippen LogP contribution in [0.4, 0.5) is 0 Å². The van der Waals surface area contributed by atoms with Crippen molar-refractivity contribution < 1.29 is 8.42 Å². The molecule has 0 radical (unpaired) electrons. The molecular formula is C20H30IN5O2S. The average Bonchev–Trinajstić information content (AvgIpc) is 2.70. The summed E-state index contributed by atoms with van der Waals surface area (Å²) in [5.41, 5.74) is 2.48. The minimum absolute atomic E-state index is 0. The van der Waals surface area contributed by atoms with E-state index in [1.165, 1.54) is 29.6 Å². The van der Waals surface area contributed by atoms with Crippen molar-refractivity contribution in [3.8, 4) is 0 Å². The summed E-state index contributed by atoms with van der Waals surface area (Å²) < 4.78 is 26.9. The molecule has 9 heteroatoms. The summed E-state index contributed by atoms with van der Waals surface area (Å²) in [6.45, 7) is 8.24. The number of rotatable bonds is 9. The molecule has 7 nitrogen and oxygen atoms in total. The Morgan fingerprint density at radius 3 is 2.48 bits per heavy atom. The zero-order valence-electron chi connectivity index (χ0n) is 17.1. The Kier molecular flexibility index (Phi) is 11.1. The van der Waals surface area contributed by atoms with E-state index in [-0.39, 0.29) is 35.4 Å². The second-order valence-corrected chi connectivity index (χ2v) is 8.31. The van der Waals surface area contributed by atoms with Crippen molar-refractivity contribution in [2.24, 2.45) is 4.99 Å². The van der Waals surface area contributed by atoms with Crippen molar-refractivity contribution in [2.45, 2.75) is 31.6 Å². The maximum absolute atomic E-state index is 12.2. The van der Waals surface area contributed by atoms with Crippen molar-refractivity contribution in [1.82, 2.24) is 20.3 Å². The van der Waals surface area contributed by atoms with Gasteiger partial charge in [-0.25, -0.2) is 13.1 Å². The highest BCUT2D eigenvalue weighted by Gasteiger charge is 2.13. The summed E-state index contributed by atoms with van der Waals surface area (Å²) in [6.07, 6.45) is 2.87. The molecule has 0 bridgehead atoms. The van der Waals surface area contributed by atoms with E-state index in [1.54, 1.807) is 6.07 Å². The summed E-state index contributed by atoms with van der Waals surface area (Å²) in [5.74, 6) is 0.960. The second kappa shape index (κ2) is 12.8. The third-order valence-corrected chi connectivity index (χ3v) is 5.61. The highest BCUT2D eigenvalue weighted by atomic mass is 127. The Labute approximate surface area is 190 Å². The fourth-order valence-corrected chi connectivity index (χ4v) is 3.52. The summed E-state index contributed by atoms with van der Waals surface area (Å²) in [5, 5.41) is 6.34. The molecule has 1 heterocycles. The molecule has 2 aromatic rings. The Morgan fingerprint density at radius 2 is 1.86 bits per heavy atom. The Morgan fingerprint density at radius 1 is 1.14 bits per heavy atom. The highest BCUT2D eigenvalue weighted by molar-refractivity contribution is 14.0. The molecule has 1 aromatic heterocycles. The van der Waals surface area contributed by atoms with Gasteiger partial charge in [0.1, 0.15) is 4.90 Å². The molecule has 29 heavy (non-hydrogen) atoms. The number of halogens is 1. The first-order valence-electron chi connectivity index (χ1n) is 9.41. The summed E-state index contributed by atoms with van der Waals surface area (Å²) in [4.78, 5) is 8.61. The number of aliphatic imine (C=N–C) groups is 1. The number of benzene rings is 1. The topological polar surface area (TPSA) is 95.5 Å². The van der Waals surface area contributed by atoms with E-state index in [4.69, 9.17) is 0 Å². The molecule has 0 aliphatic rings. The van der Waals surface area contributed by atoms with Gasteiger partial charge in [0, 0.05) is 44.5 Å². The quantitative estimate of drug-likeness (QED) is 0.200. The Hall–Kier alpha value is -1.72. The van der Waals surface area contributed by atoms with Crippen LogP contribution in [0.5, 0.6) is 0 Å². The lowest BCUT2D eigenvalue weighted by molar-refractivity contribution is 0.580. The maximum Gasteiger partial charge on any atom is 0.242 e. The number of nitrogens with zero attached hydrogens (tertiary/aromatic N) is 2. The zero-order chi connectivity index (χ0) is 20.4. The SMILES string of the molecule is CCNC(=NCC(C)c1ccc(C)cc1)NCCNS(=O)(=O)c1cccnc1.I. The van der Waals surface area contributed by atoms with Gasteiger partial charge in [-0.3, -0.25) is 9.98 Å². The first-order chi connectivity index (χ1) is 13.4. The van der Waals surface area contributed by atoms with E-state index in [0.717, 1.165) is 6.54 Å². The van der Waals surface area contributed by atoms with Crippen LogP contribution in [0.1, 0.15) is 30.9 Å². The molecule has 1 aromatic carbocycles. The molecule has 0 fully saturated rings. The molecule has 3 N–H and O–H groups in total. The minimum atomic E-state index is -3.55. The molecule has 1 unspecified atom stereocenters. The number of pyridine rings is 1. The predicted molar refractivity (Wildman–Crippen MR) is 128 cm³/mol. The molecule has 0 aliphatic carbocycles. The van der Waals surface area contributed by atoms with Crippen molar-refractivity contribution in [2.75, 3.05) is 26.2 Å². The number of hydrogen-bond acceptors (Lipinski definition) is 4. The lowest BCUT2D eigenvalue weighted by Gasteiger charge is -2.14. The minimum Gasteiger partial charge on any atom is -0.357 e. The first-order valence-corrected chi connectivity index (χ1v) is 10.9. The van der Waals surface area contributed by atoms with E-state index < -0.39 is 10.0 Å². The number of hydrogen-bond donors (Lipinski definition) is 3. The number of sulfonamides is 1. The number of aryl methyl sites for hydroxylation is 1. The van der Waals surface area contributed by atoms with Crippen LogP contribution < -0.4 is 15.4 Å². The molecular weight excluding hydrogens is 501 g/mol. The van der Waals surface area contributed by atoms with Crippen molar-refractivity contribution in [3.05, 3.63) is 59.9 Å². The van der Waals surface area contributed by atoms with E-state index >= 15 is 0 Å². The molecule has 1 atom stereocenters. The van der Waals surface area contributed by atoms with Crippen molar-refractivity contribution in [1.29, 1.82) is 0 Å². The van der Waals surface area contributed by atoms with Gasteiger partial charge < -0.3 is 10.6 Å². The van der Waals surface area contributed by atoms with Crippen LogP contribution in [0.3, 0.4) is 0 Å². The van der Waals surface area contributed by atoms with Crippen LogP contribution >= 0.6 is 24.0 Å². The van der Waals surface area contributed by atoms with Gasteiger partial charge in [-0.2, -0.15) is 0 Å². The van der Waals surface area contributed by atoms with E-state index in [9.17, 15) is 8.42 Å². The fourth-order valence-electron chi connectivity index (χ4n) is 2.53. The first kappa shape index (κ1) is 25.3. The van der Waals surface area contributed by atoms with Crippen LogP contribution in [-0.4, -0.2) is 45.5 Å². The third-order valence-electron chi connectivity index (χ3n) is 4.17. The van der Waals surface area contributed by atoms with Crippen molar-refractivity contribution >= 4 is 40.0 Å². The molecule has 0 spiro atoms. The Bertz CT molecular complexity index is 858. The monoisotopic (exact) mass is 531 g/mol. The van der Waals surface area contributed by atoms with E-state index in [0.29, 0.717) is 25.0 Å². The lowest BCUT2D eigenvalue weighted by atomic mass is 10.0.